The highest BCUT2D eigenvalue weighted by molar-refractivity contribution is 6.04. The van der Waals surface area contributed by atoms with Crippen molar-refractivity contribution < 1.29 is 4.79 Å². The van der Waals surface area contributed by atoms with E-state index in [1.54, 1.807) is 6.20 Å². The van der Waals surface area contributed by atoms with E-state index in [1.165, 1.54) is 0 Å². The zero-order valence-corrected chi connectivity index (χ0v) is 12.1. The van der Waals surface area contributed by atoms with Gasteiger partial charge in [0.25, 0.3) is 5.91 Å². The van der Waals surface area contributed by atoms with Crippen LogP contribution in [0, 0.1) is 0 Å². The molecule has 0 saturated carbocycles. The van der Waals surface area contributed by atoms with E-state index in [0.717, 1.165) is 36.0 Å². The molecule has 22 heavy (non-hydrogen) atoms. The molecule has 4 rings (SSSR count). The lowest BCUT2D eigenvalue weighted by molar-refractivity contribution is 0.0702. The van der Waals surface area contributed by atoms with Crippen LogP contribution in [0.4, 0.5) is 0 Å². The Bertz CT molecular complexity index is 792. The topological polar surface area (TPSA) is 77.7 Å². The first-order valence-corrected chi connectivity index (χ1v) is 7.54. The van der Waals surface area contributed by atoms with Crippen molar-refractivity contribution >= 4 is 16.8 Å². The molecule has 0 radical (unpaired) electrons. The number of fused-ring (bicyclic) bond motifs is 1. The molecule has 0 unspecified atom stereocenters. The molecule has 3 aromatic rings. The fourth-order valence-corrected chi connectivity index (χ4v) is 3.19. The lowest BCUT2D eigenvalue weighted by Gasteiger charge is -2.31. The number of aromatic nitrogens is 4. The van der Waals surface area contributed by atoms with Crippen molar-refractivity contribution in [3.05, 3.63) is 47.9 Å². The van der Waals surface area contributed by atoms with Gasteiger partial charge in [-0.3, -0.25) is 15.0 Å². The zero-order valence-electron chi connectivity index (χ0n) is 12.1. The molecule has 112 valence electrons. The predicted octanol–water partition coefficient (Wildman–Crippen LogP) is 2.31. The lowest BCUT2D eigenvalue weighted by Crippen LogP contribution is -2.39. The molecule has 1 atom stereocenters. The van der Waals surface area contributed by atoms with Crippen molar-refractivity contribution in [2.45, 2.75) is 18.8 Å². The first-order valence-electron chi connectivity index (χ1n) is 7.54. The molecular weight excluding hydrogens is 278 g/mol. The minimum atomic E-state index is 0.00154. The van der Waals surface area contributed by atoms with Gasteiger partial charge >= 0.3 is 0 Å². The summed E-state index contributed by atoms with van der Waals surface area (Å²) >= 11 is 0. The molecule has 2 aromatic heterocycles. The van der Waals surface area contributed by atoms with Gasteiger partial charge in [-0.2, -0.15) is 10.2 Å². The van der Waals surface area contributed by atoms with Crippen LogP contribution >= 0.6 is 0 Å². The summed E-state index contributed by atoms with van der Waals surface area (Å²) in [6.07, 6.45) is 3.84. The van der Waals surface area contributed by atoms with Crippen molar-refractivity contribution in [1.82, 2.24) is 25.3 Å². The van der Waals surface area contributed by atoms with Crippen LogP contribution in [0.3, 0.4) is 0 Å². The van der Waals surface area contributed by atoms with Crippen LogP contribution in [-0.2, 0) is 0 Å². The van der Waals surface area contributed by atoms with E-state index >= 15 is 0 Å². The number of nitrogens with one attached hydrogen (secondary N) is 2. The minimum Gasteiger partial charge on any atom is -0.337 e. The second-order valence-electron chi connectivity index (χ2n) is 5.72. The van der Waals surface area contributed by atoms with E-state index in [9.17, 15) is 4.79 Å². The molecule has 0 spiro atoms. The van der Waals surface area contributed by atoms with Gasteiger partial charge in [-0.15, -0.1) is 0 Å². The number of rotatable bonds is 2. The summed E-state index contributed by atoms with van der Waals surface area (Å²) in [5.41, 5.74) is 2.51. The molecule has 1 aromatic carbocycles. The van der Waals surface area contributed by atoms with Gasteiger partial charge in [-0.25, -0.2) is 0 Å². The second kappa shape index (κ2) is 5.29. The van der Waals surface area contributed by atoms with Crippen LogP contribution in [0.25, 0.3) is 10.9 Å². The van der Waals surface area contributed by atoms with Gasteiger partial charge in [-0.1, -0.05) is 18.2 Å². The van der Waals surface area contributed by atoms with Crippen LogP contribution in [0.1, 0.15) is 34.9 Å². The van der Waals surface area contributed by atoms with Crippen LogP contribution in [0.2, 0.25) is 0 Å². The van der Waals surface area contributed by atoms with Gasteiger partial charge in [-0.05, 0) is 25.0 Å². The Balaban J connectivity index is 1.60. The quantitative estimate of drug-likeness (QED) is 0.761. The van der Waals surface area contributed by atoms with E-state index in [2.05, 4.69) is 20.4 Å². The van der Waals surface area contributed by atoms with E-state index < -0.39 is 0 Å². The average molecular weight is 295 g/mol. The third-order valence-corrected chi connectivity index (χ3v) is 4.34. The molecule has 1 fully saturated rings. The smallest absolute Gasteiger partial charge is 0.275 e. The van der Waals surface area contributed by atoms with Crippen LogP contribution in [0.15, 0.2) is 36.5 Å². The molecule has 6 heteroatoms. The predicted molar refractivity (Wildman–Crippen MR) is 82.6 cm³/mol. The van der Waals surface area contributed by atoms with Crippen molar-refractivity contribution in [3.63, 3.8) is 0 Å². The number of hydrogen-bond acceptors (Lipinski definition) is 3. The molecule has 6 nitrogen and oxygen atoms in total. The molecule has 2 N–H and O–H groups in total. The van der Waals surface area contributed by atoms with Crippen LogP contribution in [-0.4, -0.2) is 44.3 Å². The number of carbonyl (C=O) groups excluding carboxylic acids is 1. The number of para-hydroxylation sites is 1. The summed E-state index contributed by atoms with van der Waals surface area (Å²) in [5, 5.41) is 15.1. The summed E-state index contributed by atoms with van der Waals surface area (Å²) in [7, 11) is 0. The number of amides is 1. The van der Waals surface area contributed by atoms with Gasteiger partial charge in [0.05, 0.1) is 5.52 Å². The zero-order chi connectivity index (χ0) is 14.9. The van der Waals surface area contributed by atoms with E-state index in [1.807, 2.05) is 35.2 Å². The molecule has 0 aliphatic carbocycles. The van der Waals surface area contributed by atoms with Crippen LogP contribution in [0.5, 0.6) is 0 Å². The summed E-state index contributed by atoms with van der Waals surface area (Å²) in [4.78, 5) is 14.7. The maximum atomic E-state index is 12.8. The van der Waals surface area contributed by atoms with Crippen molar-refractivity contribution in [2.75, 3.05) is 13.1 Å². The molecule has 1 aliphatic rings. The van der Waals surface area contributed by atoms with Gasteiger partial charge < -0.3 is 4.90 Å². The van der Waals surface area contributed by atoms with Gasteiger partial charge in [0.15, 0.2) is 5.69 Å². The fourth-order valence-electron chi connectivity index (χ4n) is 3.19. The Morgan fingerprint density at radius 2 is 2.14 bits per heavy atom. The standard InChI is InChI=1S/C16H17N5O/c22-16(15-12-5-1-2-6-14(12)19-20-15)21-9-3-4-11(10-21)13-7-8-17-18-13/h1-2,5-8,11H,3-4,9-10H2,(H,17,18)(H,19,20)/t11-/m1/s1. The minimum absolute atomic E-state index is 0.00154. The first-order chi connectivity index (χ1) is 10.8. The summed E-state index contributed by atoms with van der Waals surface area (Å²) in [5.74, 6) is 0.326. The Morgan fingerprint density at radius 3 is 3.00 bits per heavy atom. The molecule has 1 amide bonds. The van der Waals surface area contributed by atoms with Crippen molar-refractivity contribution in [1.29, 1.82) is 0 Å². The number of aromatic amines is 2. The lowest BCUT2D eigenvalue weighted by atomic mass is 9.94. The molecule has 1 aliphatic heterocycles. The largest absolute Gasteiger partial charge is 0.337 e. The third-order valence-electron chi connectivity index (χ3n) is 4.34. The van der Waals surface area contributed by atoms with Crippen LogP contribution < -0.4 is 0 Å². The molecule has 0 bridgehead atoms. The number of hydrogen-bond donors (Lipinski definition) is 2. The third kappa shape index (κ3) is 2.16. The van der Waals surface area contributed by atoms with E-state index in [0.29, 0.717) is 18.2 Å². The Morgan fingerprint density at radius 1 is 1.23 bits per heavy atom. The van der Waals surface area contributed by atoms with E-state index in [4.69, 9.17) is 0 Å². The summed E-state index contributed by atoms with van der Waals surface area (Å²) in [6.45, 7) is 1.49. The Labute approximate surface area is 127 Å². The maximum absolute atomic E-state index is 12.8. The highest BCUT2D eigenvalue weighted by atomic mass is 16.2. The fraction of sp³-hybridized carbons (Fsp3) is 0.312. The van der Waals surface area contributed by atoms with E-state index in [-0.39, 0.29) is 5.91 Å². The highest BCUT2D eigenvalue weighted by Gasteiger charge is 2.28. The second-order valence-corrected chi connectivity index (χ2v) is 5.72. The molecule has 1 saturated heterocycles. The van der Waals surface area contributed by atoms with Gasteiger partial charge in [0.2, 0.25) is 0 Å². The maximum Gasteiger partial charge on any atom is 0.275 e. The number of H-pyrrole nitrogens is 2. The monoisotopic (exact) mass is 295 g/mol. The van der Waals surface area contributed by atoms with Crippen molar-refractivity contribution in [2.24, 2.45) is 0 Å². The summed E-state index contributed by atoms with van der Waals surface area (Å²) in [6, 6.07) is 9.72. The van der Waals surface area contributed by atoms with Gasteiger partial charge in [0.1, 0.15) is 0 Å². The Kier molecular flexibility index (Phi) is 3.14. The summed E-state index contributed by atoms with van der Waals surface area (Å²) < 4.78 is 0. The number of piperidine rings is 1. The van der Waals surface area contributed by atoms with Gasteiger partial charge in [0, 0.05) is 36.3 Å². The normalized spacial score (nSPS) is 18.7. The number of benzene rings is 1. The number of nitrogens with zero attached hydrogens (tertiary/aromatic N) is 3. The SMILES string of the molecule is O=C(c1n[nH]c2ccccc12)N1CCC[C@@H](c2ccn[nH]2)C1. The Hall–Kier alpha value is -2.63. The van der Waals surface area contributed by atoms with Crippen molar-refractivity contribution in [3.8, 4) is 0 Å². The molecule has 3 heterocycles. The molecular formula is C16H17N5O. The first kappa shape index (κ1) is 13.1. The number of likely N-dealkylation sites (tertiary alicyclic amines) is 1. The average Bonchev–Trinajstić information content (AvgIpc) is 3.24. The highest BCUT2D eigenvalue weighted by Crippen LogP contribution is 2.27. The number of carbonyl (C=O) groups is 1.